The average Bonchev–Trinajstić information content (AvgIpc) is 1.10. The molecule has 11 N–H and O–H groups in total. The summed E-state index contributed by atoms with van der Waals surface area (Å²) in [6.45, 7) is 11.2. The summed E-state index contributed by atoms with van der Waals surface area (Å²) < 4.78 is 52.2. The maximum atomic E-state index is 14.4. The molecule has 0 spiro atoms. The lowest BCUT2D eigenvalue weighted by molar-refractivity contribution is -0.139. The van der Waals surface area contributed by atoms with Crippen molar-refractivity contribution in [1.82, 2.24) is 16.0 Å². The highest BCUT2D eigenvalue weighted by molar-refractivity contribution is 7.85. The molecule has 0 saturated carbocycles. The van der Waals surface area contributed by atoms with Crippen LogP contribution in [0, 0.1) is 35.0 Å². The SMILES string of the molecule is C=C(CCCCCCCCCCCCCCCS(=O)(=O)O)N[C@@H](CCC(=O)NCCOCCOCC(=O)CCCOCCOCC(=O)NCCCC[C@H](CC(=O)CC(C)CC)C(=O)C(C)[C@@H](CCCCC(=N)N)C(=O)C[C@@H](Cc1ccc(O)cc1)C(N)=O)C(=O)O.[HH]. The Bertz CT molecular complexity index is 2400. The number of hydrogen-bond donors (Lipinski definition) is 9. The number of ketones is 4. The van der Waals surface area contributed by atoms with Gasteiger partial charge in [-0.25, -0.2) is 4.79 Å². The van der Waals surface area contributed by atoms with Crippen LogP contribution < -0.4 is 27.4 Å². The molecular formula is C67H116N6O17S. The number of rotatable bonds is 63. The molecule has 23 nitrogen and oxygen atoms in total. The van der Waals surface area contributed by atoms with Crippen molar-refractivity contribution in [2.24, 2.45) is 41.1 Å². The second-order valence-corrected chi connectivity index (χ2v) is 25.9. The number of ether oxygens (including phenoxy) is 4. The van der Waals surface area contributed by atoms with E-state index in [0.29, 0.717) is 95.0 Å². The second-order valence-electron chi connectivity index (χ2n) is 24.3. The Morgan fingerprint density at radius 3 is 1.76 bits per heavy atom. The molecule has 6 atom stereocenters. The lowest BCUT2D eigenvalue weighted by atomic mass is 9.75. The van der Waals surface area contributed by atoms with Gasteiger partial charge >= 0.3 is 5.97 Å². The molecule has 0 aromatic heterocycles. The quantitative estimate of drug-likeness (QED) is 0.0127. The summed E-state index contributed by atoms with van der Waals surface area (Å²) in [5, 5.41) is 35.6. The monoisotopic (exact) mass is 1310 g/mol. The van der Waals surface area contributed by atoms with Crippen molar-refractivity contribution in [2.75, 3.05) is 71.7 Å². The zero-order valence-corrected chi connectivity index (χ0v) is 55.9. The van der Waals surface area contributed by atoms with Crippen molar-refractivity contribution in [3.05, 3.63) is 42.1 Å². The number of carboxylic acid groups (broad SMARTS) is 1. The number of carboxylic acids is 1. The molecule has 0 fully saturated rings. The van der Waals surface area contributed by atoms with E-state index in [-0.39, 0.29) is 151 Å². The first-order chi connectivity index (χ1) is 43.4. The van der Waals surface area contributed by atoms with Crippen LogP contribution in [0.3, 0.4) is 0 Å². The number of carbonyl (C=O) groups is 8. The normalized spacial score (nSPS) is 13.5. The maximum Gasteiger partial charge on any atom is 0.326 e. The molecule has 522 valence electrons. The van der Waals surface area contributed by atoms with Crippen LogP contribution in [-0.2, 0) is 73.8 Å². The molecule has 2 unspecified atom stereocenters. The zero-order valence-electron chi connectivity index (χ0n) is 55.1. The van der Waals surface area contributed by atoms with Crippen LogP contribution >= 0.6 is 0 Å². The van der Waals surface area contributed by atoms with E-state index in [0.717, 1.165) is 57.8 Å². The first-order valence-corrected chi connectivity index (χ1v) is 35.0. The molecule has 0 aliphatic carbocycles. The van der Waals surface area contributed by atoms with Gasteiger partial charge in [-0.2, -0.15) is 8.42 Å². The van der Waals surface area contributed by atoms with Gasteiger partial charge in [-0.3, -0.25) is 43.5 Å². The Morgan fingerprint density at radius 2 is 1.16 bits per heavy atom. The number of primary amides is 1. The highest BCUT2D eigenvalue weighted by Gasteiger charge is 2.36. The molecule has 1 aromatic rings. The number of nitrogens with two attached hydrogens (primary N) is 2. The largest absolute Gasteiger partial charge is 0.508 e. The van der Waals surface area contributed by atoms with Crippen LogP contribution in [0.2, 0.25) is 0 Å². The Morgan fingerprint density at radius 1 is 0.604 bits per heavy atom. The van der Waals surface area contributed by atoms with Crippen molar-refractivity contribution in [2.45, 2.75) is 219 Å². The lowest BCUT2D eigenvalue weighted by Crippen LogP contribution is -2.37. The van der Waals surface area contributed by atoms with Gasteiger partial charge in [0.2, 0.25) is 17.7 Å². The molecule has 0 heterocycles. The van der Waals surface area contributed by atoms with Crippen LogP contribution in [0.15, 0.2) is 36.5 Å². The highest BCUT2D eigenvalue weighted by Crippen LogP contribution is 2.31. The van der Waals surface area contributed by atoms with Crippen molar-refractivity contribution >= 4 is 62.8 Å². The fraction of sp³-hybridized carbons (Fsp3) is 0.746. The number of aromatic hydroxyl groups is 1. The minimum atomic E-state index is -3.85. The van der Waals surface area contributed by atoms with Gasteiger partial charge in [0.05, 0.1) is 44.6 Å². The number of amidine groups is 1. The number of phenols is 1. The van der Waals surface area contributed by atoms with Crippen LogP contribution in [0.5, 0.6) is 5.75 Å². The number of amides is 3. The zero-order chi connectivity index (χ0) is 67.7. The number of nitrogens with one attached hydrogen (secondary N) is 4. The van der Waals surface area contributed by atoms with Crippen LogP contribution in [-0.4, -0.2) is 154 Å². The van der Waals surface area contributed by atoms with Gasteiger partial charge < -0.3 is 56.6 Å². The Labute approximate surface area is 543 Å². The summed E-state index contributed by atoms with van der Waals surface area (Å²) in [7, 11) is -3.85. The maximum absolute atomic E-state index is 14.4. The molecule has 0 radical (unpaired) electrons. The topological polar surface area (TPSA) is 380 Å². The molecule has 1 rings (SSSR count). The van der Waals surface area contributed by atoms with Crippen molar-refractivity contribution in [1.29, 1.82) is 5.41 Å². The van der Waals surface area contributed by atoms with E-state index in [2.05, 4.69) is 22.5 Å². The number of phenolic OH excluding ortho intramolecular Hbond substituents is 1. The van der Waals surface area contributed by atoms with Gasteiger partial charge in [0.1, 0.15) is 42.4 Å². The summed E-state index contributed by atoms with van der Waals surface area (Å²) in [5.41, 5.74) is 12.7. The van der Waals surface area contributed by atoms with E-state index in [1.807, 2.05) is 13.8 Å². The summed E-state index contributed by atoms with van der Waals surface area (Å²) >= 11 is 0. The molecule has 3 amide bonds. The van der Waals surface area contributed by atoms with Crippen molar-refractivity contribution in [3.8, 4) is 5.75 Å². The summed E-state index contributed by atoms with van der Waals surface area (Å²) in [6, 6.07) is 5.36. The molecule has 0 bridgehead atoms. The average molecular weight is 1310 g/mol. The first kappa shape index (κ1) is 83.4. The van der Waals surface area contributed by atoms with Gasteiger partial charge in [0.15, 0.2) is 5.78 Å². The van der Waals surface area contributed by atoms with Gasteiger partial charge in [-0.05, 0) is 87.8 Å². The number of unbranched alkanes of at least 4 members (excludes halogenated alkanes) is 14. The fourth-order valence-electron chi connectivity index (χ4n) is 10.6. The van der Waals surface area contributed by atoms with Crippen LogP contribution in [0.25, 0.3) is 0 Å². The molecule has 0 saturated heterocycles. The van der Waals surface area contributed by atoms with E-state index >= 15 is 0 Å². The third kappa shape index (κ3) is 46.1. The van der Waals surface area contributed by atoms with E-state index in [4.69, 9.17) is 40.4 Å². The number of Topliss-reactive ketones (excluding diaryl/α,β-unsaturated/α-hetero) is 4. The third-order valence-electron chi connectivity index (χ3n) is 16.2. The van der Waals surface area contributed by atoms with Gasteiger partial charge in [0, 0.05) is 89.0 Å². The molecule has 0 aliphatic rings. The summed E-state index contributed by atoms with van der Waals surface area (Å²) in [5.74, 6) is -5.92. The number of allylic oxidation sites excluding steroid dienone is 1. The number of carbonyl (C=O) groups excluding carboxylic acids is 7. The molecule has 1 aromatic carbocycles. The van der Waals surface area contributed by atoms with Gasteiger partial charge in [0.25, 0.3) is 10.1 Å². The fourth-order valence-corrected chi connectivity index (χ4v) is 11.1. The predicted octanol–water partition coefficient (Wildman–Crippen LogP) is 9.08. The Hall–Kier alpha value is -5.66. The smallest absolute Gasteiger partial charge is 0.326 e. The summed E-state index contributed by atoms with van der Waals surface area (Å²) in [4.78, 5) is 103. The van der Waals surface area contributed by atoms with Gasteiger partial charge in [-0.1, -0.05) is 129 Å². The predicted molar refractivity (Wildman–Crippen MR) is 353 cm³/mol. The van der Waals surface area contributed by atoms with Crippen molar-refractivity contribution < 1.29 is 81.9 Å². The minimum absolute atomic E-state index is 0. The standard InChI is InChI=1S/C67H114N6O17S.H2/c1-5-50(2)44-58(76)46-54(65(80)52(4)59(27-18-19-28-62(68)69)61(77)47-55(66(70)81)45-53-29-31-56(74)32-30-53)25-20-21-35-71-64(79)49-90-42-39-87-37-23-26-57(75)48-89-41-40-88-38-36-72-63(78)34-33-60(67(82)83)73-51(3)24-17-15-13-11-9-7-6-8-10-12-14-16-22-43-91(84,85)86;/h29-32,50,52,54-55,59-60,73-74H,3,5-28,33-49H2,1-2,4H3,(H3,68,69)(H2,70,81)(H,71,79)(H,72,78)(H,82,83)(H,84,85,86);1H/t50?,52?,54-,55-,59-,60+;/m1./s1. The van der Waals surface area contributed by atoms with E-state index in [1.54, 1.807) is 19.1 Å². The number of hydrogen-bond acceptors (Lipinski definition) is 17. The number of benzene rings is 1. The van der Waals surface area contributed by atoms with E-state index < -0.39 is 51.7 Å². The minimum Gasteiger partial charge on any atom is -0.508 e. The van der Waals surface area contributed by atoms with Gasteiger partial charge in [-0.15, -0.1) is 0 Å². The van der Waals surface area contributed by atoms with E-state index in [1.165, 1.54) is 37.8 Å². The van der Waals surface area contributed by atoms with Crippen LogP contribution in [0.1, 0.15) is 214 Å². The summed E-state index contributed by atoms with van der Waals surface area (Å²) in [6.07, 6.45) is 19.2. The molecular weight excluding hydrogens is 1190 g/mol. The van der Waals surface area contributed by atoms with E-state index in [9.17, 15) is 57.0 Å². The highest BCUT2D eigenvalue weighted by atomic mass is 32.2. The lowest BCUT2D eigenvalue weighted by Gasteiger charge is -2.27. The second kappa shape index (κ2) is 51.8. The molecule has 91 heavy (non-hydrogen) atoms. The van der Waals surface area contributed by atoms with Crippen LogP contribution in [0.4, 0.5) is 0 Å². The Balaban J connectivity index is 0.0000828. The third-order valence-corrected chi connectivity index (χ3v) is 17.0. The molecule has 24 heteroatoms. The molecule has 0 aliphatic heterocycles. The Kier molecular flexibility index (Phi) is 47.4. The number of aliphatic carboxylic acids is 1. The van der Waals surface area contributed by atoms with Crippen molar-refractivity contribution in [3.63, 3.8) is 0 Å². The first-order valence-electron chi connectivity index (χ1n) is 33.4.